The average molecular weight is 187 g/mol. The van der Waals surface area contributed by atoms with Gasteiger partial charge in [-0.15, -0.1) is 0 Å². The fourth-order valence-electron chi connectivity index (χ4n) is 1.09. The number of halogens is 2. The lowest BCUT2D eigenvalue weighted by molar-refractivity contribution is -0.0504. The molecule has 0 bridgehead atoms. The Hall–Kier alpha value is -1.32. The minimum Gasteiger partial charge on any atom is -0.435 e. The van der Waals surface area contributed by atoms with Gasteiger partial charge in [0.1, 0.15) is 5.75 Å². The number of rotatable bonds is 3. The Morgan fingerprint density at radius 2 is 2.15 bits per heavy atom. The van der Waals surface area contributed by atoms with Crippen molar-refractivity contribution in [2.24, 2.45) is 0 Å². The zero-order valence-corrected chi connectivity index (χ0v) is 7.26. The van der Waals surface area contributed by atoms with Crippen molar-refractivity contribution < 1.29 is 13.5 Å². The Kier molecular flexibility index (Phi) is 3.06. The summed E-state index contributed by atoms with van der Waals surface area (Å²) in [5.41, 5.74) is 6.74. The Labute approximate surface area is 75.3 Å². The van der Waals surface area contributed by atoms with Crippen LogP contribution in [0.5, 0.6) is 5.75 Å². The predicted molar refractivity (Wildman–Crippen MR) is 46.9 cm³/mol. The summed E-state index contributed by atoms with van der Waals surface area (Å²) < 4.78 is 28.1. The second kappa shape index (κ2) is 4.07. The molecule has 0 aliphatic carbocycles. The normalized spacial score (nSPS) is 10.5. The molecule has 72 valence electrons. The Morgan fingerprint density at radius 1 is 1.46 bits per heavy atom. The van der Waals surface area contributed by atoms with Crippen LogP contribution in [0.25, 0.3) is 0 Å². The molecule has 0 aliphatic rings. The van der Waals surface area contributed by atoms with E-state index in [1.54, 1.807) is 6.07 Å². The lowest BCUT2D eigenvalue weighted by Crippen LogP contribution is -2.04. The molecule has 0 spiro atoms. The van der Waals surface area contributed by atoms with Crippen molar-refractivity contribution in [2.75, 3.05) is 5.73 Å². The number of alkyl halides is 2. The summed E-state index contributed by atoms with van der Waals surface area (Å²) in [7, 11) is 0. The van der Waals surface area contributed by atoms with Crippen molar-refractivity contribution in [1.29, 1.82) is 0 Å². The molecule has 1 aromatic carbocycles. The van der Waals surface area contributed by atoms with E-state index >= 15 is 0 Å². The molecule has 0 saturated carbocycles. The predicted octanol–water partition coefficient (Wildman–Crippen LogP) is 2.43. The molecule has 1 aromatic rings. The van der Waals surface area contributed by atoms with Crippen LogP contribution >= 0.6 is 0 Å². The van der Waals surface area contributed by atoms with Gasteiger partial charge in [-0.05, 0) is 30.2 Å². The van der Waals surface area contributed by atoms with Gasteiger partial charge in [-0.1, -0.05) is 6.92 Å². The number of aryl methyl sites for hydroxylation is 1. The highest BCUT2D eigenvalue weighted by Gasteiger charge is 2.08. The highest BCUT2D eigenvalue weighted by Crippen LogP contribution is 2.23. The van der Waals surface area contributed by atoms with Gasteiger partial charge in [-0.2, -0.15) is 8.78 Å². The van der Waals surface area contributed by atoms with Crippen molar-refractivity contribution in [1.82, 2.24) is 0 Å². The van der Waals surface area contributed by atoms with Crippen molar-refractivity contribution in [3.63, 3.8) is 0 Å². The fourth-order valence-corrected chi connectivity index (χ4v) is 1.09. The third kappa shape index (κ3) is 2.57. The monoisotopic (exact) mass is 187 g/mol. The zero-order valence-electron chi connectivity index (χ0n) is 7.26. The van der Waals surface area contributed by atoms with E-state index < -0.39 is 6.61 Å². The first-order valence-corrected chi connectivity index (χ1v) is 3.96. The van der Waals surface area contributed by atoms with Crippen LogP contribution in [0.15, 0.2) is 18.2 Å². The molecule has 13 heavy (non-hydrogen) atoms. The minimum atomic E-state index is -2.78. The van der Waals surface area contributed by atoms with E-state index in [2.05, 4.69) is 4.74 Å². The maximum Gasteiger partial charge on any atom is 0.387 e. The maximum atomic E-state index is 11.9. The number of ether oxygens (including phenoxy) is 1. The highest BCUT2D eigenvalue weighted by molar-refractivity contribution is 5.47. The second-order valence-corrected chi connectivity index (χ2v) is 2.60. The molecule has 0 atom stereocenters. The Balaban J connectivity index is 2.92. The smallest absolute Gasteiger partial charge is 0.387 e. The van der Waals surface area contributed by atoms with Gasteiger partial charge >= 0.3 is 6.61 Å². The standard InChI is InChI=1S/C9H11F2NO/c1-2-6-5-7(12)3-4-8(6)13-9(10)11/h3-5,9H,2,12H2,1H3. The summed E-state index contributed by atoms with van der Waals surface area (Å²) in [6, 6.07) is 4.63. The van der Waals surface area contributed by atoms with Crippen LogP contribution in [0, 0.1) is 0 Å². The van der Waals surface area contributed by atoms with Crippen molar-refractivity contribution in [2.45, 2.75) is 20.0 Å². The van der Waals surface area contributed by atoms with E-state index in [1.807, 2.05) is 6.92 Å². The summed E-state index contributed by atoms with van der Waals surface area (Å²) in [6.07, 6.45) is 0.618. The molecule has 0 heterocycles. The Morgan fingerprint density at radius 3 is 2.69 bits per heavy atom. The number of anilines is 1. The number of nitrogens with two attached hydrogens (primary N) is 1. The van der Waals surface area contributed by atoms with E-state index in [1.165, 1.54) is 12.1 Å². The van der Waals surface area contributed by atoms with Gasteiger partial charge in [0.2, 0.25) is 0 Å². The van der Waals surface area contributed by atoms with Gasteiger partial charge in [-0.25, -0.2) is 0 Å². The van der Waals surface area contributed by atoms with E-state index in [9.17, 15) is 8.78 Å². The molecular formula is C9H11F2NO. The van der Waals surface area contributed by atoms with Gasteiger partial charge in [0.05, 0.1) is 0 Å². The Bertz CT molecular complexity index is 289. The quantitative estimate of drug-likeness (QED) is 0.737. The molecule has 2 N–H and O–H groups in total. The molecular weight excluding hydrogens is 176 g/mol. The maximum absolute atomic E-state index is 11.9. The largest absolute Gasteiger partial charge is 0.435 e. The molecule has 0 amide bonds. The van der Waals surface area contributed by atoms with Gasteiger partial charge < -0.3 is 10.5 Å². The third-order valence-electron chi connectivity index (χ3n) is 1.68. The van der Waals surface area contributed by atoms with Crippen LogP contribution in [-0.2, 0) is 6.42 Å². The minimum absolute atomic E-state index is 0.201. The van der Waals surface area contributed by atoms with Crippen LogP contribution in [0.4, 0.5) is 14.5 Å². The second-order valence-electron chi connectivity index (χ2n) is 2.60. The molecule has 2 nitrogen and oxygen atoms in total. The van der Waals surface area contributed by atoms with Crippen LogP contribution in [0.1, 0.15) is 12.5 Å². The lowest BCUT2D eigenvalue weighted by Gasteiger charge is -2.09. The molecule has 1 rings (SSSR count). The van der Waals surface area contributed by atoms with Gasteiger partial charge in [-0.3, -0.25) is 0 Å². The summed E-state index contributed by atoms with van der Waals surface area (Å²) in [6.45, 7) is -0.929. The van der Waals surface area contributed by atoms with Crippen molar-refractivity contribution >= 4 is 5.69 Å². The van der Waals surface area contributed by atoms with E-state index in [0.717, 1.165) is 0 Å². The average Bonchev–Trinajstić information content (AvgIpc) is 2.07. The first-order valence-electron chi connectivity index (χ1n) is 3.96. The van der Waals surface area contributed by atoms with Crippen molar-refractivity contribution in [3.05, 3.63) is 23.8 Å². The first-order chi connectivity index (χ1) is 6.13. The van der Waals surface area contributed by atoms with Crippen LogP contribution < -0.4 is 10.5 Å². The summed E-state index contributed by atoms with van der Waals surface area (Å²) in [5, 5.41) is 0. The highest BCUT2D eigenvalue weighted by atomic mass is 19.3. The molecule has 0 unspecified atom stereocenters. The molecule has 0 aliphatic heterocycles. The number of nitrogen functional groups attached to an aromatic ring is 1. The van der Waals surface area contributed by atoms with Crippen LogP contribution in [-0.4, -0.2) is 6.61 Å². The van der Waals surface area contributed by atoms with E-state index in [-0.39, 0.29) is 5.75 Å². The fraction of sp³-hybridized carbons (Fsp3) is 0.333. The molecule has 0 aromatic heterocycles. The van der Waals surface area contributed by atoms with E-state index in [0.29, 0.717) is 17.7 Å². The molecule has 0 radical (unpaired) electrons. The first kappa shape index (κ1) is 9.77. The molecule has 0 saturated heterocycles. The molecule has 4 heteroatoms. The summed E-state index contributed by atoms with van der Waals surface area (Å²) in [5.74, 6) is 0.201. The van der Waals surface area contributed by atoms with Crippen LogP contribution in [0.3, 0.4) is 0 Å². The van der Waals surface area contributed by atoms with Gasteiger partial charge in [0.15, 0.2) is 0 Å². The van der Waals surface area contributed by atoms with Crippen molar-refractivity contribution in [3.8, 4) is 5.75 Å². The molecule has 0 fully saturated rings. The van der Waals surface area contributed by atoms with Crippen LogP contribution in [0.2, 0.25) is 0 Å². The van der Waals surface area contributed by atoms with E-state index in [4.69, 9.17) is 5.73 Å². The topological polar surface area (TPSA) is 35.2 Å². The lowest BCUT2D eigenvalue weighted by atomic mass is 10.1. The van der Waals surface area contributed by atoms with Gasteiger partial charge in [0.25, 0.3) is 0 Å². The van der Waals surface area contributed by atoms with Gasteiger partial charge in [0, 0.05) is 5.69 Å². The third-order valence-corrected chi connectivity index (χ3v) is 1.68. The number of hydrogen-bond acceptors (Lipinski definition) is 2. The summed E-state index contributed by atoms with van der Waals surface area (Å²) in [4.78, 5) is 0. The summed E-state index contributed by atoms with van der Waals surface area (Å²) >= 11 is 0. The number of hydrogen-bond donors (Lipinski definition) is 1. The SMILES string of the molecule is CCc1cc(N)ccc1OC(F)F. The zero-order chi connectivity index (χ0) is 9.84. The number of benzene rings is 1.